The number of hydrogen-bond donors (Lipinski definition) is 1. The molecule has 2 heterocycles. The quantitative estimate of drug-likeness (QED) is 0.363. The Labute approximate surface area is 201 Å². The molecular formula is C24H27N5O4S. The van der Waals surface area contributed by atoms with Crippen LogP contribution >= 0.6 is 11.8 Å². The highest BCUT2D eigenvalue weighted by Gasteiger charge is 2.18. The van der Waals surface area contributed by atoms with Crippen molar-refractivity contribution >= 4 is 40.0 Å². The molecule has 10 heteroatoms. The van der Waals surface area contributed by atoms with Crippen molar-refractivity contribution in [1.82, 2.24) is 19.2 Å². The van der Waals surface area contributed by atoms with E-state index in [0.717, 1.165) is 11.9 Å². The second-order valence-corrected chi connectivity index (χ2v) is 9.12. The van der Waals surface area contributed by atoms with Gasteiger partial charge in [0.2, 0.25) is 11.7 Å². The van der Waals surface area contributed by atoms with E-state index < -0.39 is 0 Å². The van der Waals surface area contributed by atoms with Crippen molar-refractivity contribution in [2.75, 3.05) is 25.3 Å². The lowest BCUT2D eigenvalue weighted by atomic mass is 10.1. The van der Waals surface area contributed by atoms with Gasteiger partial charge in [-0.05, 0) is 36.6 Å². The average Bonchev–Trinajstić information content (AvgIpc) is 3.26. The zero-order chi connectivity index (χ0) is 24.2. The van der Waals surface area contributed by atoms with E-state index in [9.17, 15) is 9.59 Å². The number of aromatic nitrogens is 4. The van der Waals surface area contributed by atoms with Crippen LogP contribution in [0, 0.1) is 5.92 Å². The van der Waals surface area contributed by atoms with Gasteiger partial charge in [-0.3, -0.25) is 18.6 Å². The Morgan fingerprint density at radius 2 is 1.85 bits per heavy atom. The van der Waals surface area contributed by atoms with Gasteiger partial charge in [0.15, 0.2) is 16.7 Å². The molecule has 4 aromatic rings. The minimum atomic E-state index is -0.202. The average molecular weight is 482 g/mol. The molecule has 0 atom stereocenters. The molecule has 178 valence electrons. The van der Waals surface area contributed by atoms with Gasteiger partial charge in [0.05, 0.1) is 30.9 Å². The first-order valence-electron chi connectivity index (χ1n) is 10.9. The summed E-state index contributed by atoms with van der Waals surface area (Å²) in [5.74, 6) is 1.95. The molecule has 4 rings (SSSR count). The summed E-state index contributed by atoms with van der Waals surface area (Å²) in [6.45, 7) is 4.78. The van der Waals surface area contributed by atoms with Gasteiger partial charge in [0, 0.05) is 18.3 Å². The molecular weight excluding hydrogens is 454 g/mol. The second kappa shape index (κ2) is 10.2. The number of hydrogen-bond acceptors (Lipinski definition) is 7. The van der Waals surface area contributed by atoms with Crippen LogP contribution < -0.4 is 20.3 Å². The van der Waals surface area contributed by atoms with Crippen LogP contribution in [0.2, 0.25) is 0 Å². The summed E-state index contributed by atoms with van der Waals surface area (Å²) >= 11 is 1.26. The first-order valence-corrected chi connectivity index (χ1v) is 11.9. The number of benzene rings is 2. The van der Waals surface area contributed by atoms with E-state index in [-0.39, 0.29) is 17.2 Å². The third kappa shape index (κ3) is 4.72. The summed E-state index contributed by atoms with van der Waals surface area (Å²) in [5.41, 5.74) is 1.23. The number of carbonyl (C=O) groups excluding carboxylic acids is 1. The van der Waals surface area contributed by atoms with Crippen molar-refractivity contribution in [2.45, 2.75) is 32.0 Å². The number of methoxy groups -OCH3 is 2. The summed E-state index contributed by atoms with van der Waals surface area (Å²) in [6, 6.07) is 12.6. The third-order valence-corrected chi connectivity index (χ3v) is 6.34. The number of carbonyl (C=O) groups is 1. The molecule has 2 aromatic heterocycles. The Hall–Kier alpha value is -3.53. The Morgan fingerprint density at radius 1 is 1.09 bits per heavy atom. The maximum atomic E-state index is 13.1. The highest BCUT2D eigenvalue weighted by atomic mass is 32.2. The number of para-hydroxylation sites is 1. The van der Waals surface area contributed by atoms with Gasteiger partial charge < -0.3 is 14.8 Å². The van der Waals surface area contributed by atoms with Crippen molar-refractivity contribution in [3.8, 4) is 11.5 Å². The van der Waals surface area contributed by atoms with E-state index in [4.69, 9.17) is 9.47 Å². The van der Waals surface area contributed by atoms with E-state index >= 15 is 0 Å². The normalized spacial score (nSPS) is 11.3. The molecule has 0 bridgehead atoms. The Morgan fingerprint density at radius 3 is 2.59 bits per heavy atom. The van der Waals surface area contributed by atoms with Crippen molar-refractivity contribution < 1.29 is 14.3 Å². The predicted octanol–water partition coefficient (Wildman–Crippen LogP) is 3.84. The number of amides is 1. The largest absolute Gasteiger partial charge is 0.493 e. The topological polar surface area (TPSA) is 99.7 Å². The fourth-order valence-corrected chi connectivity index (χ4v) is 4.40. The molecule has 0 radical (unpaired) electrons. The lowest BCUT2D eigenvalue weighted by Gasteiger charge is -2.12. The van der Waals surface area contributed by atoms with E-state index in [0.29, 0.717) is 46.0 Å². The van der Waals surface area contributed by atoms with Crippen LogP contribution in [0.1, 0.15) is 20.3 Å². The summed E-state index contributed by atoms with van der Waals surface area (Å²) in [5, 5.41) is 12.6. The Kier molecular flexibility index (Phi) is 7.06. The van der Waals surface area contributed by atoms with Gasteiger partial charge in [-0.2, -0.15) is 0 Å². The van der Waals surface area contributed by atoms with Crippen LogP contribution in [-0.4, -0.2) is 45.0 Å². The van der Waals surface area contributed by atoms with Crippen LogP contribution in [-0.2, 0) is 11.3 Å². The summed E-state index contributed by atoms with van der Waals surface area (Å²) in [7, 11) is 3.10. The predicted molar refractivity (Wildman–Crippen MR) is 133 cm³/mol. The lowest BCUT2D eigenvalue weighted by molar-refractivity contribution is -0.113. The first kappa shape index (κ1) is 23.6. The van der Waals surface area contributed by atoms with E-state index in [1.807, 2.05) is 22.6 Å². The first-order chi connectivity index (χ1) is 16.4. The summed E-state index contributed by atoms with van der Waals surface area (Å²) in [6.07, 6.45) is 0.844. The number of nitrogens with one attached hydrogen (secondary N) is 1. The molecule has 0 fully saturated rings. The minimum absolute atomic E-state index is 0.0844. The fraction of sp³-hybridized carbons (Fsp3) is 0.333. The highest BCUT2D eigenvalue weighted by molar-refractivity contribution is 7.99. The van der Waals surface area contributed by atoms with E-state index in [1.165, 1.54) is 11.8 Å². The minimum Gasteiger partial charge on any atom is -0.493 e. The molecule has 0 saturated carbocycles. The third-order valence-electron chi connectivity index (χ3n) is 5.41. The molecule has 0 aliphatic carbocycles. The smallest absolute Gasteiger partial charge is 0.262 e. The van der Waals surface area contributed by atoms with Gasteiger partial charge in [-0.15, -0.1) is 10.2 Å². The maximum absolute atomic E-state index is 13.1. The van der Waals surface area contributed by atoms with Crippen LogP contribution in [0.25, 0.3) is 16.7 Å². The molecule has 0 spiro atoms. The number of rotatable bonds is 9. The second-order valence-electron chi connectivity index (χ2n) is 8.18. The number of nitrogens with zero attached hydrogens (tertiary/aromatic N) is 4. The monoisotopic (exact) mass is 481 g/mol. The molecule has 1 amide bonds. The van der Waals surface area contributed by atoms with Gasteiger partial charge in [0.1, 0.15) is 0 Å². The molecule has 9 nitrogen and oxygen atoms in total. The number of ether oxygens (including phenoxy) is 2. The van der Waals surface area contributed by atoms with Crippen molar-refractivity contribution in [1.29, 1.82) is 0 Å². The lowest BCUT2D eigenvalue weighted by Crippen LogP contribution is -2.24. The summed E-state index contributed by atoms with van der Waals surface area (Å²) in [4.78, 5) is 25.8. The number of aryl methyl sites for hydroxylation is 1. The van der Waals surface area contributed by atoms with Gasteiger partial charge >= 0.3 is 0 Å². The summed E-state index contributed by atoms with van der Waals surface area (Å²) < 4.78 is 14.0. The molecule has 1 N–H and O–H groups in total. The molecule has 0 saturated heterocycles. The number of thioether (sulfide) groups is 1. The standard InChI is InChI=1S/C24H27N5O4S/c1-15(2)11-12-28-22(31)17-7-5-6-8-18(17)29-23(28)26-27-24(29)34-14-21(30)25-16-9-10-19(32-3)20(13-16)33-4/h5-10,13,15H,11-12,14H2,1-4H3,(H,25,30). The van der Waals surface area contributed by atoms with Crippen molar-refractivity contribution in [2.24, 2.45) is 5.92 Å². The number of fused-ring (bicyclic) bond motifs is 3. The molecule has 0 aliphatic rings. The van der Waals surface area contributed by atoms with Crippen molar-refractivity contribution in [3.05, 3.63) is 52.8 Å². The highest BCUT2D eigenvalue weighted by Crippen LogP contribution is 2.30. The van der Waals surface area contributed by atoms with Crippen LogP contribution in [0.4, 0.5) is 5.69 Å². The fourth-order valence-electron chi connectivity index (χ4n) is 3.66. The maximum Gasteiger partial charge on any atom is 0.262 e. The van der Waals surface area contributed by atoms with Gasteiger partial charge in [-0.25, -0.2) is 0 Å². The molecule has 2 aromatic carbocycles. The molecule has 0 unspecified atom stereocenters. The zero-order valence-corrected chi connectivity index (χ0v) is 20.4. The van der Waals surface area contributed by atoms with Crippen LogP contribution in [0.5, 0.6) is 11.5 Å². The molecule has 34 heavy (non-hydrogen) atoms. The van der Waals surface area contributed by atoms with Crippen LogP contribution in [0.3, 0.4) is 0 Å². The zero-order valence-electron chi connectivity index (χ0n) is 19.6. The Balaban J connectivity index is 1.60. The van der Waals surface area contributed by atoms with Gasteiger partial charge in [0.25, 0.3) is 5.56 Å². The van der Waals surface area contributed by atoms with E-state index in [1.54, 1.807) is 43.1 Å². The van der Waals surface area contributed by atoms with Gasteiger partial charge in [-0.1, -0.05) is 37.7 Å². The molecule has 0 aliphatic heterocycles. The SMILES string of the molecule is COc1ccc(NC(=O)CSc2nnc3n(CCC(C)C)c(=O)c4ccccc4n23)cc1OC. The van der Waals surface area contributed by atoms with Crippen LogP contribution in [0.15, 0.2) is 52.4 Å². The Bertz CT molecular complexity index is 1400. The van der Waals surface area contributed by atoms with Crippen molar-refractivity contribution in [3.63, 3.8) is 0 Å². The number of anilines is 1. The van der Waals surface area contributed by atoms with E-state index in [2.05, 4.69) is 29.4 Å².